The zero-order valence-electron chi connectivity index (χ0n) is 12.0. The molecule has 0 aliphatic carbocycles. The van der Waals surface area contributed by atoms with Crippen molar-refractivity contribution in [1.29, 1.82) is 0 Å². The van der Waals surface area contributed by atoms with Crippen molar-refractivity contribution < 1.29 is 9.90 Å². The molecule has 5 heteroatoms. The average molecular weight is 277 g/mol. The first-order valence-corrected chi connectivity index (χ1v) is 7.65. The molecule has 1 aromatic rings. The highest BCUT2D eigenvalue weighted by molar-refractivity contribution is 5.67. The summed E-state index contributed by atoms with van der Waals surface area (Å²) in [6.07, 6.45) is 8.75. The minimum Gasteiger partial charge on any atom is -0.481 e. The maximum Gasteiger partial charge on any atom is 0.303 e. The Kier molecular flexibility index (Phi) is 3.78. The van der Waals surface area contributed by atoms with Gasteiger partial charge in [0.25, 0.3) is 0 Å². The summed E-state index contributed by atoms with van der Waals surface area (Å²) in [5.74, 6) is 0.859. The number of aromatic nitrogens is 2. The Morgan fingerprint density at radius 3 is 2.70 bits per heavy atom. The van der Waals surface area contributed by atoms with Crippen LogP contribution in [0, 0.1) is 5.92 Å². The molecule has 2 saturated heterocycles. The van der Waals surface area contributed by atoms with Crippen LogP contribution in [0.5, 0.6) is 0 Å². The predicted molar refractivity (Wildman–Crippen MR) is 75.2 cm³/mol. The third kappa shape index (κ3) is 2.59. The lowest BCUT2D eigenvalue weighted by atomic mass is 9.88. The van der Waals surface area contributed by atoms with Gasteiger partial charge in [0.2, 0.25) is 0 Å². The van der Waals surface area contributed by atoms with Gasteiger partial charge in [-0.15, -0.1) is 0 Å². The molecule has 20 heavy (non-hydrogen) atoms. The first-order chi connectivity index (χ1) is 9.67. The van der Waals surface area contributed by atoms with Crippen LogP contribution in [0.25, 0.3) is 0 Å². The molecular weight excluding hydrogens is 254 g/mol. The number of carboxylic acid groups (broad SMARTS) is 1. The number of nitrogens with zero attached hydrogens (tertiary/aromatic N) is 3. The Bertz CT molecular complexity index is 471. The van der Waals surface area contributed by atoms with E-state index in [2.05, 4.69) is 21.4 Å². The lowest BCUT2D eigenvalue weighted by Gasteiger charge is -2.38. The van der Waals surface area contributed by atoms with Gasteiger partial charge in [0.15, 0.2) is 0 Å². The van der Waals surface area contributed by atoms with Crippen LogP contribution in [0.2, 0.25) is 0 Å². The van der Waals surface area contributed by atoms with Crippen LogP contribution < -0.4 is 0 Å². The fraction of sp³-hybridized carbons (Fsp3) is 0.733. The van der Waals surface area contributed by atoms with Crippen molar-refractivity contribution in [2.75, 3.05) is 0 Å². The van der Waals surface area contributed by atoms with E-state index in [4.69, 9.17) is 5.11 Å². The highest BCUT2D eigenvalue weighted by Crippen LogP contribution is 2.40. The number of carboxylic acids is 1. The summed E-state index contributed by atoms with van der Waals surface area (Å²) in [5, 5.41) is 8.97. The summed E-state index contributed by atoms with van der Waals surface area (Å²) in [6.45, 7) is 4.01. The molecular formula is C15H23N3O2. The lowest BCUT2D eigenvalue weighted by Crippen LogP contribution is -2.43. The molecule has 2 aliphatic rings. The third-order valence-electron chi connectivity index (χ3n) is 4.91. The van der Waals surface area contributed by atoms with Gasteiger partial charge in [-0.05, 0) is 38.5 Å². The van der Waals surface area contributed by atoms with Crippen molar-refractivity contribution in [2.24, 2.45) is 5.92 Å². The number of carbonyl (C=O) groups is 1. The van der Waals surface area contributed by atoms with Crippen molar-refractivity contribution >= 4 is 5.97 Å². The Balaban J connectivity index is 1.66. The van der Waals surface area contributed by atoms with Crippen LogP contribution in [-0.2, 0) is 17.9 Å². The number of rotatable bonds is 5. The second-order valence-corrected chi connectivity index (χ2v) is 6.12. The van der Waals surface area contributed by atoms with Gasteiger partial charge in [0.1, 0.15) is 5.82 Å². The summed E-state index contributed by atoms with van der Waals surface area (Å²) in [7, 11) is 0. The maximum atomic E-state index is 10.9. The molecule has 110 valence electrons. The Labute approximate surface area is 119 Å². The number of hydrogen-bond acceptors (Lipinski definition) is 3. The van der Waals surface area contributed by atoms with Gasteiger partial charge in [0, 0.05) is 37.4 Å². The van der Waals surface area contributed by atoms with Gasteiger partial charge >= 0.3 is 5.97 Å². The van der Waals surface area contributed by atoms with Crippen LogP contribution in [0.4, 0.5) is 0 Å². The summed E-state index contributed by atoms with van der Waals surface area (Å²) in [6, 6.07) is 1.11. The van der Waals surface area contributed by atoms with E-state index in [1.165, 1.54) is 12.8 Å². The standard InChI is InChI=1S/C15H23N3O2/c1-2-17-6-5-16-14(17)10-18-12-3-4-13(18)8-11(7-12)9-15(19)20/h5-6,11-13H,2-4,7-10H2,1H3,(H,19,20). The molecule has 0 amide bonds. The van der Waals surface area contributed by atoms with Crippen LogP contribution in [-0.4, -0.2) is 37.6 Å². The average Bonchev–Trinajstić information content (AvgIpc) is 2.93. The summed E-state index contributed by atoms with van der Waals surface area (Å²) < 4.78 is 2.20. The second kappa shape index (κ2) is 5.56. The number of aliphatic carboxylic acids is 1. The zero-order valence-corrected chi connectivity index (χ0v) is 12.0. The lowest BCUT2D eigenvalue weighted by molar-refractivity contribution is -0.138. The number of fused-ring (bicyclic) bond motifs is 2. The van der Waals surface area contributed by atoms with E-state index in [1.54, 1.807) is 0 Å². The quantitative estimate of drug-likeness (QED) is 0.895. The topological polar surface area (TPSA) is 58.4 Å². The SMILES string of the molecule is CCn1ccnc1CN1C2CCC1CC(CC(=O)O)C2. The molecule has 2 unspecified atom stereocenters. The Hall–Kier alpha value is -1.36. The maximum absolute atomic E-state index is 10.9. The smallest absolute Gasteiger partial charge is 0.303 e. The number of piperidine rings is 1. The third-order valence-corrected chi connectivity index (χ3v) is 4.91. The molecule has 3 heterocycles. The molecule has 2 fully saturated rings. The highest BCUT2D eigenvalue weighted by Gasteiger charge is 2.41. The minimum absolute atomic E-state index is 0.338. The van der Waals surface area contributed by atoms with Crippen molar-refractivity contribution in [3.05, 3.63) is 18.2 Å². The summed E-state index contributed by atoms with van der Waals surface area (Å²) in [5.41, 5.74) is 0. The van der Waals surface area contributed by atoms with E-state index in [0.29, 0.717) is 24.4 Å². The molecule has 0 saturated carbocycles. The van der Waals surface area contributed by atoms with E-state index in [9.17, 15) is 4.79 Å². The van der Waals surface area contributed by atoms with Gasteiger partial charge in [0.05, 0.1) is 6.54 Å². The summed E-state index contributed by atoms with van der Waals surface area (Å²) >= 11 is 0. The minimum atomic E-state index is -0.649. The number of imidazole rings is 1. The van der Waals surface area contributed by atoms with Gasteiger partial charge in [-0.3, -0.25) is 9.69 Å². The van der Waals surface area contributed by atoms with Crippen molar-refractivity contribution in [2.45, 2.75) is 64.2 Å². The summed E-state index contributed by atoms with van der Waals surface area (Å²) in [4.78, 5) is 17.9. The molecule has 2 bridgehead atoms. The molecule has 2 atom stereocenters. The van der Waals surface area contributed by atoms with Crippen LogP contribution in [0.15, 0.2) is 12.4 Å². The van der Waals surface area contributed by atoms with Crippen LogP contribution in [0.1, 0.15) is 44.9 Å². The predicted octanol–water partition coefficient (Wildman–Crippen LogP) is 2.12. The first-order valence-electron chi connectivity index (χ1n) is 7.65. The van der Waals surface area contributed by atoms with Crippen LogP contribution >= 0.6 is 0 Å². The van der Waals surface area contributed by atoms with E-state index < -0.39 is 5.97 Å². The van der Waals surface area contributed by atoms with Gasteiger partial charge in [-0.2, -0.15) is 0 Å². The highest BCUT2D eigenvalue weighted by atomic mass is 16.4. The van der Waals surface area contributed by atoms with Gasteiger partial charge < -0.3 is 9.67 Å². The van der Waals surface area contributed by atoms with Crippen molar-refractivity contribution in [3.8, 4) is 0 Å². The molecule has 2 aliphatic heterocycles. The normalized spacial score (nSPS) is 29.8. The molecule has 1 aromatic heterocycles. The zero-order chi connectivity index (χ0) is 14.1. The Morgan fingerprint density at radius 2 is 2.10 bits per heavy atom. The van der Waals surface area contributed by atoms with E-state index >= 15 is 0 Å². The molecule has 5 nitrogen and oxygen atoms in total. The largest absolute Gasteiger partial charge is 0.481 e. The number of aryl methyl sites for hydroxylation is 1. The van der Waals surface area contributed by atoms with Crippen molar-refractivity contribution in [1.82, 2.24) is 14.5 Å². The van der Waals surface area contributed by atoms with Crippen molar-refractivity contribution in [3.63, 3.8) is 0 Å². The van der Waals surface area contributed by atoms with E-state index in [1.807, 2.05) is 12.4 Å². The Morgan fingerprint density at radius 1 is 1.40 bits per heavy atom. The van der Waals surface area contributed by atoms with E-state index in [0.717, 1.165) is 31.8 Å². The van der Waals surface area contributed by atoms with Crippen LogP contribution in [0.3, 0.4) is 0 Å². The molecule has 1 N–H and O–H groups in total. The molecule has 0 radical (unpaired) electrons. The second-order valence-electron chi connectivity index (χ2n) is 6.12. The van der Waals surface area contributed by atoms with E-state index in [-0.39, 0.29) is 0 Å². The van der Waals surface area contributed by atoms with Gasteiger partial charge in [-0.1, -0.05) is 0 Å². The fourth-order valence-electron chi connectivity index (χ4n) is 4.00. The number of hydrogen-bond donors (Lipinski definition) is 1. The molecule has 3 rings (SSSR count). The molecule has 0 spiro atoms. The fourth-order valence-corrected chi connectivity index (χ4v) is 4.00. The molecule has 0 aromatic carbocycles. The first kappa shape index (κ1) is 13.6. The monoisotopic (exact) mass is 277 g/mol. The van der Waals surface area contributed by atoms with Gasteiger partial charge in [-0.25, -0.2) is 4.98 Å².